The summed E-state index contributed by atoms with van der Waals surface area (Å²) in [5.41, 5.74) is 0.540. The molecule has 0 bridgehead atoms. The van der Waals surface area contributed by atoms with E-state index in [0.29, 0.717) is 42.9 Å². The summed E-state index contributed by atoms with van der Waals surface area (Å²) in [5.74, 6) is 1.71. The Labute approximate surface area is 192 Å². The van der Waals surface area contributed by atoms with Crippen LogP contribution < -0.4 is 5.32 Å². The second-order valence-corrected chi connectivity index (χ2v) is 12.1. The standard InChI is InChI=1S/C24H36N4O3S/c1-17-12-18(2)14-28(13-17)24(3,4)16-25-23(29)19-8-7-11-27(15-19)22-20-9-5-6-10-21(20)32(30,31)26-22/h5-6,9-10,17-19H,7-8,11-16H2,1-4H3,(H,25,29). The number of piperidine rings is 2. The molecule has 0 saturated carbocycles. The molecule has 0 radical (unpaired) electrons. The lowest BCUT2D eigenvalue weighted by atomic mass is 9.88. The largest absolute Gasteiger partial charge is 0.355 e. The van der Waals surface area contributed by atoms with Crippen LogP contribution in [0.2, 0.25) is 0 Å². The summed E-state index contributed by atoms with van der Waals surface area (Å²) in [5, 5.41) is 3.20. The van der Waals surface area contributed by atoms with E-state index < -0.39 is 10.0 Å². The molecule has 8 heteroatoms. The summed E-state index contributed by atoms with van der Waals surface area (Å²) in [6, 6.07) is 6.94. The number of nitrogens with one attached hydrogen (secondary N) is 1. The Kier molecular flexibility index (Phi) is 6.38. The molecule has 32 heavy (non-hydrogen) atoms. The van der Waals surface area contributed by atoms with Crippen LogP contribution >= 0.6 is 0 Å². The summed E-state index contributed by atoms with van der Waals surface area (Å²) < 4.78 is 28.9. The summed E-state index contributed by atoms with van der Waals surface area (Å²) in [4.78, 5) is 17.8. The number of sulfonamides is 1. The van der Waals surface area contributed by atoms with Crippen LogP contribution in [0.5, 0.6) is 0 Å². The van der Waals surface area contributed by atoms with Gasteiger partial charge in [-0.3, -0.25) is 9.69 Å². The van der Waals surface area contributed by atoms with E-state index in [1.54, 1.807) is 18.2 Å². The maximum absolute atomic E-state index is 13.1. The van der Waals surface area contributed by atoms with Gasteiger partial charge in [0.2, 0.25) is 5.91 Å². The van der Waals surface area contributed by atoms with Crippen molar-refractivity contribution >= 4 is 21.8 Å². The van der Waals surface area contributed by atoms with Gasteiger partial charge in [-0.2, -0.15) is 8.42 Å². The second kappa shape index (κ2) is 8.78. The van der Waals surface area contributed by atoms with E-state index in [9.17, 15) is 13.2 Å². The molecule has 2 fully saturated rings. The van der Waals surface area contributed by atoms with Crippen LogP contribution in [-0.2, 0) is 14.8 Å². The topological polar surface area (TPSA) is 82.1 Å². The number of amidine groups is 1. The van der Waals surface area contributed by atoms with Gasteiger partial charge in [0, 0.05) is 43.8 Å². The molecule has 176 valence electrons. The molecular weight excluding hydrogens is 424 g/mol. The lowest BCUT2D eigenvalue weighted by molar-refractivity contribution is -0.126. The summed E-state index contributed by atoms with van der Waals surface area (Å²) in [6.45, 7) is 13.0. The molecule has 3 atom stereocenters. The number of carbonyl (C=O) groups is 1. The number of hydrogen-bond donors (Lipinski definition) is 1. The Balaban J connectivity index is 1.39. The second-order valence-electron chi connectivity index (χ2n) is 10.6. The van der Waals surface area contributed by atoms with Crippen molar-refractivity contribution in [1.82, 2.24) is 15.1 Å². The van der Waals surface area contributed by atoms with Gasteiger partial charge >= 0.3 is 0 Å². The fourth-order valence-electron chi connectivity index (χ4n) is 5.42. The van der Waals surface area contributed by atoms with Gasteiger partial charge in [-0.05, 0) is 57.1 Å². The molecule has 0 aliphatic carbocycles. The van der Waals surface area contributed by atoms with Gasteiger partial charge in [-0.15, -0.1) is 4.40 Å². The SMILES string of the molecule is CC1CC(C)CN(C(C)(C)CNC(=O)C2CCCN(C3=NS(=O)(=O)c4ccccc43)C2)C1. The summed E-state index contributed by atoms with van der Waals surface area (Å²) in [7, 11) is -3.65. The Hall–Kier alpha value is -1.93. The molecular formula is C24H36N4O3S. The fourth-order valence-corrected chi connectivity index (χ4v) is 6.64. The fraction of sp³-hybridized carbons (Fsp3) is 0.667. The molecule has 0 spiro atoms. The summed E-state index contributed by atoms with van der Waals surface area (Å²) in [6.07, 6.45) is 2.91. The highest BCUT2D eigenvalue weighted by Crippen LogP contribution is 2.30. The number of amides is 1. The first-order chi connectivity index (χ1) is 15.1. The van der Waals surface area contributed by atoms with Crippen molar-refractivity contribution in [2.45, 2.75) is 57.4 Å². The maximum Gasteiger partial charge on any atom is 0.285 e. The van der Waals surface area contributed by atoms with Gasteiger partial charge in [0.05, 0.1) is 5.92 Å². The van der Waals surface area contributed by atoms with Crippen molar-refractivity contribution in [1.29, 1.82) is 0 Å². The minimum absolute atomic E-state index is 0.0515. The molecule has 1 amide bonds. The molecule has 0 aromatic heterocycles. The minimum Gasteiger partial charge on any atom is -0.355 e. The normalized spacial score (nSPS) is 28.2. The average molecular weight is 461 g/mol. The summed E-state index contributed by atoms with van der Waals surface area (Å²) >= 11 is 0. The van der Waals surface area contributed by atoms with Gasteiger partial charge in [0.15, 0.2) is 5.84 Å². The van der Waals surface area contributed by atoms with Crippen molar-refractivity contribution in [2.24, 2.45) is 22.2 Å². The van der Waals surface area contributed by atoms with E-state index in [2.05, 4.69) is 42.3 Å². The number of fused-ring (bicyclic) bond motifs is 1. The van der Waals surface area contributed by atoms with Crippen LogP contribution in [0.25, 0.3) is 0 Å². The van der Waals surface area contributed by atoms with Crippen molar-refractivity contribution in [2.75, 3.05) is 32.7 Å². The quantitative estimate of drug-likeness (QED) is 0.747. The minimum atomic E-state index is -3.65. The zero-order chi connectivity index (χ0) is 23.1. The Morgan fingerprint density at radius 3 is 2.56 bits per heavy atom. The first kappa shape index (κ1) is 23.2. The van der Waals surface area contributed by atoms with Crippen LogP contribution in [0, 0.1) is 17.8 Å². The van der Waals surface area contributed by atoms with Crippen LogP contribution in [0.15, 0.2) is 33.6 Å². The third kappa shape index (κ3) is 4.71. The van der Waals surface area contributed by atoms with Crippen molar-refractivity contribution in [3.05, 3.63) is 29.8 Å². The molecule has 1 N–H and O–H groups in total. The zero-order valence-electron chi connectivity index (χ0n) is 19.7. The van der Waals surface area contributed by atoms with Crippen molar-refractivity contribution in [3.8, 4) is 0 Å². The molecule has 3 unspecified atom stereocenters. The predicted molar refractivity (Wildman–Crippen MR) is 126 cm³/mol. The Morgan fingerprint density at radius 2 is 1.84 bits per heavy atom. The monoisotopic (exact) mass is 460 g/mol. The molecule has 3 aliphatic heterocycles. The van der Waals surface area contributed by atoms with Gasteiger partial charge in [0.25, 0.3) is 10.0 Å². The van der Waals surface area contributed by atoms with E-state index in [1.165, 1.54) is 6.42 Å². The first-order valence-corrected chi connectivity index (χ1v) is 13.2. The number of likely N-dealkylation sites (tertiary alicyclic amines) is 2. The molecule has 1 aromatic rings. The number of nitrogens with zero attached hydrogens (tertiary/aromatic N) is 3. The number of carbonyl (C=O) groups excluding carboxylic acids is 1. The highest BCUT2D eigenvalue weighted by molar-refractivity contribution is 7.90. The highest BCUT2D eigenvalue weighted by atomic mass is 32.2. The smallest absolute Gasteiger partial charge is 0.285 e. The Bertz CT molecular complexity index is 994. The number of benzene rings is 1. The van der Waals surface area contributed by atoms with Gasteiger partial charge in [-0.1, -0.05) is 26.0 Å². The number of hydrogen-bond acceptors (Lipinski definition) is 5. The average Bonchev–Trinajstić information content (AvgIpc) is 3.03. The third-order valence-corrected chi connectivity index (χ3v) is 8.45. The predicted octanol–water partition coefficient (Wildman–Crippen LogP) is 2.72. The highest BCUT2D eigenvalue weighted by Gasteiger charge is 2.37. The molecule has 1 aromatic carbocycles. The number of rotatable bonds is 4. The molecule has 3 aliphatic rings. The zero-order valence-corrected chi connectivity index (χ0v) is 20.5. The van der Waals surface area contributed by atoms with E-state index in [0.717, 1.165) is 25.9 Å². The van der Waals surface area contributed by atoms with Gasteiger partial charge in [0.1, 0.15) is 4.90 Å². The van der Waals surface area contributed by atoms with Crippen LogP contribution in [0.1, 0.15) is 52.5 Å². The lowest BCUT2D eigenvalue weighted by Gasteiger charge is -2.45. The van der Waals surface area contributed by atoms with E-state index in [1.807, 2.05) is 11.0 Å². The van der Waals surface area contributed by atoms with E-state index in [-0.39, 0.29) is 22.3 Å². The van der Waals surface area contributed by atoms with Crippen molar-refractivity contribution < 1.29 is 13.2 Å². The maximum atomic E-state index is 13.1. The van der Waals surface area contributed by atoms with Crippen LogP contribution in [-0.4, -0.2) is 68.2 Å². The third-order valence-electron chi connectivity index (χ3n) is 7.12. The van der Waals surface area contributed by atoms with Crippen molar-refractivity contribution in [3.63, 3.8) is 0 Å². The molecule has 4 rings (SSSR count). The molecule has 3 heterocycles. The molecule has 2 saturated heterocycles. The van der Waals surface area contributed by atoms with Gasteiger partial charge in [-0.25, -0.2) is 0 Å². The van der Waals surface area contributed by atoms with Crippen LogP contribution in [0.4, 0.5) is 0 Å². The van der Waals surface area contributed by atoms with E-state index in [4.69, 9.17) is 0 Å². The lowest BCUT2D eigenvalue weighted by Crippen LogP contribution is -2.57. The van der Waals surface area contributed by atoms with Crippen LogP contribution in [0.3, 0.4) is 0 Å². The molecule has 7 nitrogen and oxygen atoms in total. The van der Waals surface area contributed by atoms with Gasteiger partial charge < -0.3 is 10.2 Å². The van der Waals surface area contributed by atoms with E-state index >= 15 is 0 Å². The first-order valence-electron chi connectivity index (χ1n) is 11.8. The Morgan fingerprint density at radius 1 is 1.16 bits per heavy atom.